The number of hydrogen-bond donors (Lipinski definition) is 0. The first-order chi connectivity index (χ1) is 12.6. The number of carbonyl (C=O) groups excluding carboxylic acids is 1. The molecule has 1 fully saturated rings. The van der Waals surface area contributed by atoms with E-state index in [9.17, 15) is 4.79 Å². The summed E-state index contributed by atoms with van der Waals surface area (Å²) in [7, 11) is 0. The molecule has 2 heterocycles. The van der Waals surface area contributed by atoms with Gasteiger partial charge in [0.05, 0.1) is 17.7 Å². The Morgan fingerprint density at radius 2 is 2.19 bits per heavy atom. The minimum Gasteiger partial charge on any atom is -0.463 e. The van der Waals surface area contributed by atoms with Gasteiger partial charge in [-0.25, -0.2) is 0 Å². The molecule has 0 radical (unpaired) electrons. The van der Waals surface area contributed by atoms with Crippen molar-refractivity contribution < 1.29 is 9.21 Å². The van der Waals surface area contributed by atoms with Crippen LogP contribution >= 0.6 is 35.0 Å². The van der Waals surface area contributed by atoms with E-state index in [2.05, 4.69) is 16.8 Å². The summed E-state index contributed by atoms with van der Waals surface area (Å²) in [4.78, 5) is 14.3. The largest absolute Gasteiger partial charge is 0.463 e. The molecule has 1 amide bonds. The Balaban J connectivity index is 1.79. The van der Waals surface area contributed by atoms with E-state index in [1.54, 1.807) is 47.6 Å². The second-order valence-electron chi connectivity index (χ2n) is 5.43. The summed E-state index contributed by atoms with van der Waals surface area (Å²) in [5, 5.41) is 9.51. The van der Waals surface area contributed by atoms with E-state index in [-0.39, 0.29) is 11.2 Å². The zero-order valence-electron chi connectivity index (χ0n) is 13.6. The standard InChI is InChI=1S/C18H15Cl2N3O2S/c1-2-7-23-17(24)16(10-12-9-13(19)5-6-15(12)20)26-18(23)22-21-11-14-4-3-8-25-14/h2-6,8-9,11,16H,1,7,10H2/b21-11+,22-18+/t16-/m1/s1. The number of hydrogen-bond acceptors (Lipinski definition) is 5. The summed E-state index contributed by atoms with van der Waals surface area (Å²) < 4.78 is 5.17. The van der Waals surface area contributed by atoms with Gasteiger partial charge in [-0.05, 0) is 42.3 Å². The zero-order chi connectivity index (χ0) is 18.5. The number of rotatable bonds is 6. The number of benzene rings is 1. The van der Waals surface area contributed by atoms with Crippen molar-refractivity contribution >= 4 is 52.3 Å². The smallest absolute Gasteiger partial charge is 0.242 e. The van der Waals surface area contributed by atoms with Gasteiger partial charge in [0.15, 0.2) is 5.17 Å². The molecule has 0 saturated carbocycles. The molecule has 1 aliphatic rings. The van der Waals surface area contributed by atoms with E-state index in [1.807, 2.05) is 0 Å². The number of amides is 1. The number of furan rings is 1. The minimum atomic E-state index is -0.344. The lowest BCUT2D eigenvalue weighted by atomic mass is 10.1. The molecule has 1 atom stereocenters. The van der Waals surface area contributed by atoms with Crippen LogP contribution in [0.15, 0.2) is 63.9 Å². The second-order valence-corrected chi connectivity index (χ2v) is 7.44. The normalized spacial score (nSPS) is 19.0. The van der Waals surface area contributed by atoms with Crippen LogP contribution in [0.2, 0.25) is 10.0 Å². The van der Waals surface area contributed by atoms with Crippen LogP contribution in [-0.2, 0) is 11.2 Å². The molecule has 134 valence electrons. The third-order valence-electron chi connectivity index (χ3n) is 3.62. The Labute approximate surface area is 165 Å². The zero-order valence-corrected chi connectivity index (χ0v) is 16.0. The van der Waals surface area contributed by atoms with Gasteiger partial charge in [0, 0.05) is 16.6 Å². The summed E-state index contributed by atoms with van der Waals surface area (Å²) in [6, 6.07) is 8.75. The van der Waals surface area contributed by atoms with Crippen molar-refractivity contribution in [3.05, 3.63) is 70.6 Å². The summed E-state index contributed by atoms with van der Waals surface area (Å²) in [6.45, 7) is 4.06. The second kappa shape index (κ2) is 8.58. The Bertz CT molecular complexity index is 865. The molecular weight excluding hydrogens is 393 g/mol. The van der Waals surface area contributed by atoms with E-state index in [0.717, 1.165) is 5.56 Å². The van der Waals surface area contributed by atoms with E-state index in [4.69, 9.17) is 27.6 Å². The number of nitrogens with zero attached hydrogens (tertiary/aromatic N) is 3. The molecule has 0 bridgehead atoms. The minimum absolute atomic E-state index is 0.0575. The van der Waals surface area contributed by atoms with Crippen LogP contribution < -0.4 is 0 Å². The van der Waals surface area contributed by atoms with Gasteiger partial charge in [-0.2, -0.15) is 5.10 Å². The van der Waals surface area contributed by atoms with Crippen LogP contribution in [0.25, 0.3) is 0 Å². The number of amidine groups is 1. The highest BCUT2D eigenvalue weighted by atomic mass is 35.5. The Morgan fingerprint density at radius 1 is 1.35 bits per heavy atom. The van der Waals surface area contributed by atoms with Gasteiger partial charge in [0.2, 0.25) is 5.91 Å². The Morgan fingerprint density at radius 3 is 2.92 bits per heavy atom. The quantitative estimate of drug-likeness (QED) is 0.397. The molecule has 0 N–H and O–H groups in total. The molecule has 1 aromatic heterocycles. The van der Waals surface area contributed by atoms with E-state index < -0.39 is 0 Å². The summed E-state index contributed by atoms with van der Waals surface area (Å²) in [5.74, 6) is 0.527. The van der Waals surface area contributed by atoms with Crippen molar-refractivity contribution in [2.24, 2.45) is 10.2 Å². The van der Waals surface area contributed by atoms with E-state index in [0.29, 0.717) is 33.9 Å². The summed E-state index contributed by atoms with van der Waals surface area (Å²) >= 11 is 13.6. The fourth-order valence-electron chi connectivity index (χ4n) is 2.41. The molecule has 2 aromatic rings. The summed E-state index contributed by atoms with van der Waals surface area (Å²) in [5.41, 5.74) is 0.823. The van der Waals surface area contributed by atoms with Crippen molar-refractivity contribution in [3.63, 3.8) is 0 Å². The molecule has 26 heavy (non-hydrogen) atoms. The maximum absolute atomic E-state index is 12.7. The molecule has 0 unspecified atom stereocenters. The highest BCUT2D eigenvalue weighted by Crippen LogP contribution is 2.32. The van der Waals surface area contributed by atoms with Crippen LogP contribution in [-0.4, -0.2) is 34.0 Å². The third-order valence-corrected chi connectivity index (χ3v) is 5.39. The molecule has 5 nitrogen and oxygen atoms in total. The monoisotopic (exact) mass is 407 g/mol. The highest BCUT2D eigenvalue weighted by Gasteiger charge is 2.37. The Kier molecular flexibility index (Phi) is 6.19. The fourth-order valence-corrected chi connectivity index (χ4v) is 3.93. The van der Waals surface area contributed by atoms with Crippen LogP contribution in [0.5, 0.6) is 0 Å². The van der Waals surface area contributed by atoms with Gasteiger partial charge < -0.3 is 4.42 Å². The van der Waals surface area contributed by atoms with Crippen molar-refractivity contribution in [2.45, 2.75) is 11.7 Å². The molecule has 8 heteroatoms. The predicted molar refractivity (Wildman–Crippen MR) is 107 cm³/mol. The molecule has 0 spiro atoms. The molecule has 1 aromatic carbocycles. The first kappa shape index (κ1) is 18.8. The number of carbonyl (C=O) groups is 1. The van der Waals surface area contributed by atoms with Gasteiger partial charge in [-0.15, -0.1) is 11.7 Å². The van der Waals surface area contributed by atoms with Crippen molar-refractivity contribution in [1.82, 2.24) is 4.90 Å². The highest BCUT2D eigenvalue weighted by molar-refractivity contribution is 8.15. The van der Waals surface area contributed by atoms with E-state index >= 15 is 0 Å². The first-order valence-corrected chi connectivity index (χ1v) is 9.39. The van der Waals surface area contributed by atoms with Crippen molar-refractivity contribution in [1.29, 1.82) is 0 Å². The average molecular weight is 408 g/mol. The molecular formula is C18H15Cl2N3O2S. The SMILES string of the molecule is C=CCN1C(=O)[C@@H](Cc2cc(Cl)ccc2Cl)S/C1=N/N=C/c1ccco1. The fraction of sp³-hybridized carbons (Fsp3) is 0.167. The van der Waals surface area contributed by atoms with Crippen LogP contribution in [0.3, 0.4) is 0 Å². The molecule has 1 aliphatic heterocycles. The molecule has 1 saturated heterocycles. The van der Waals surface area contributed by atoms with Crippen molar-refractivity contribution in [3.8, 4) is 0 Å². The van der Waals surface area contributed by atoms with Crippen LogP contribution in [0, 0.1) is 0 Å². The topological polar surface area (TPSA) is 58.2 Å². The van der Waals surface area contributed by atoms with E-state index in [1.165, 1.54) is 18.0 Å². The maximum Gasteiger partial charge on any atom is 0.242 e. The third kappa shape index (κ3) is 4.38. The van der Waals surface area contributed by atoms with Gasteiger partial charge >= 0.3 is 0 Å². The lowest BCUT2D eigenvalue weighted by Gasteiger charge is -2.13. The average Bonchev–Trinajstić information content (AvgIpc) is 3.23. The first-order valence-electron chi connectivity index (χ1n) is 7.76. The van der Waals surface area contributed by atoms with Gasteiger partial charge in [-0.1, -0.05) is 41.0 Å². The van der Waals surface area contributed by atoms with Crippen LogP contribution in [0.1, 0.15) is 11.3 Å². The van der Waals surface area contributed by atoms with Gasteiger partial charge in [0.25, 0.3) is 0 Å². The molecule has 3 rings (SSSR count). The number of halogens is 2. The van der Waals surface area contributed by atoms with Crippen LogP contribution in [0.4, 0.5) is 0 Å². The summed E-state index contributed by atoms with van der Waals surface area (Å²) in [6.07, 6.45) is 5.15. The maximum atomic E-state index is 12.7. The van der Waals surface area contributed by atoms with Gasteiger partial charge in [-0.3, -0.25) is 9.69 Å². The lowest BCUT2D eigenvalue weighted by molar-refractivity contribution is -0.125. The number of thioether (sulfide) groups is 1. The predicted octanol–water partition coefficient (Wildman–Crippen LogP) is 4.65. The molecule has 0 aliphatic carbocycles. The lowest BCUT2D eigenvalue weighted by Crippen LogP contribution is -2.32. The van der Waals surface area contributed by atoms with Crippen molar-refractivity contribution in [2.75, 3.05) is 6.54 Å². The Hall–Kier alpha value is -2.02. The van der Waals surface area contributed by atoms with Gasteiger partial charge in [0.1, 0.15) is 5.76 Å².